The first-order valence-electron chi connectivity index (χ1n) is 5.64. The summed E-state index contributed by atoms with van der Waals surface area (Å²) in [6.07, 6.45) is 4.93. The predicted molar refractivity (Wildman–Crippen MR) is 66.1 cm³/mol. The lowest BCUT2D eigenvalue weighted by molar-refractivity contribution is 0.587. The van der Waals surface area contributed by atoms with Crippen LogP contribution in [0.25, 0.3) is 0 Å². The number of aromatic nitrogens is 1. The second-order valence-electron chi connectivity index (χ2n) is 3.74. The molecule has 0 unspecified atom stereocenters. The van der Waals surface area contributed by atoms with Crippen molar-refractivity contribution in [1.29, 1.82) is 0 Å². The molecule has 0 atom stereocenters. The summed E-state index contributed by atoms with van der Waals surface area (Å²) in [5.41, 5.74) is 6.59. The van der Waals surface area contributed by atoms with Crippen LogP contribution >= 0.6 is 11.3 Å². The zero-order chi connectivity index (χ0) is 10.9. The zero-order valence-electron chi connectivity index (χ0n) is 9.46. The second kappa shape index (κ2) is 7.79. The molecule has 0 aliphatic rings. The lowest BCUT2D eigenvalue weighted by Crippen LogP contribution is -2.14. The molecular formula is C11H21N3S. The van der Waals surface area contributed by atoms with Crippen LogP contribution in [0.2, 0.25) is 0 Å². The Morgan fingerprint density at radius 2 is 2.13 bits per heavy atom. The van der Waals surface area contributed by atoms with Gasteiger partial charge in [0.25, 0.3) is 0 Å². The summed E-state index contributed by atoms with van der Waals surface area (Å²) in [5, 5.41) is 6.67. The smallest absolute Gasteiger partial charge is 0.0897 e. The Morgan fingerprint density at radius 3 is 2.80 bits per heavy atom. The number of hydrogen-bond donors (Lipinski definition) is 2. The summed E-state index contributed by atoms with van der Waals surface area (Å²) in [4.78, 5) is 4.40. The third-order valence-corrected chi connectivity index (χ3v) is 3.10. The first-order valence-corrected chi connectivity index (χ1v) is 6.52. The van der Waals surface area contributed by atoms with Crippen LogP contribution in [-0.4, -0.2) is 18.1 Å². The Hall–Kier alpha value is -0.450. The topological polar surface area (TPSA) is 50.9 Å². The molecule has 0 fully saturated rings. The van der Waals surface area contributed by atoms with Gasteiger partial charge in [-0.1, -0.05) is 12.8 Å². The lowest BCUT2D eigenvalue weighted by atomic mass is 10.2. The van der Waals surface area contributed by atoms with E-state index in [-0.39, 0.29) is 0 Å². The molecule has 0 radical (unpaired) electrons. The van der Waals surface area contributed by atoms with Crippen molar-refractivity contribution in [1.82, 2.24) is 10.3 Å². The number of nitrogens with one attached hydrogen (secondary N) is 1. The molecule has 15 heavy (non-hydrogen) atoms. The van der Waals surface area contributed by atoms with Gasteiger partial charge in [-0.3, -0.25) is 0 Å². The van der Waals surface area contributed by atoms with Gasteiger partial charge in [0.15, 0.2) is 0 Å². The van der Waals surface area contributed by atoms with E-state index >= 15 is 0 Å². The van der Waals surface area contributed by atoms with Gasteiger partial charge in [-0.15, -0.1) is 11.3 Å². The van der Waals surface area contributed by atoms with Gasteiger partial charge >= 0.3 is 0 Å². The van der Waals surface area contributed by atoms with Crippen molar-refractivity contribution in [3.05, 3.63) is 16.1 Å². The maximum atomic E-state index is 5.43. The zero-order valence-corrected chi connectivity index (χ0v) is 10.3. The fraction of sp³-hybridized carbons (Fsp3) is 0.727. The van der Waals surface area contributed by atoms with Crippen molar-refractivity contribution < 1.29 is 0 Å². The van der Waals surface area contributed by atoms with Crippen molar-refractivity contribution in [2.75, 3.05) is 13.1 Å². The van der Waals surface area contributed by atoms with Crippen molar-refractivity contribution >= 4 is 11.3 Å². The fourth-order valence-electron chi connectivity index (χ4n) is 1.45. The van der Waals surface area contributed by atoms with Crippen LogP contribution in [0.4, 0.5) is 0 Å². The molecule has 0 aliphatic carbocycles. The van der Waals surface area contributed by atoms with Crippen LogP contribution in [0.5, 0.6) is 0 Å². The Bertz CT molecular complexity index is 260. The minimum Gasteiger partial charge on any atom is -0.330 e. The Balaban J connectivity index is 1.93. The van der Waals surface area contributed by atoms with Crippen LogP contribution in [0.1, 0.15) is 36.4 Å². The van der Waals surface area contributed by atoms with E-state index in [1.807, 2.05) is 6.92 Å². The fourth-order valence-corrected chi connectivity index (χ4v) is 2.07. The lowest BCUT2D eigenvalue weighted by Gasteiger charge is -2.02. The van der Waals surface area contributed by atoms with Gasteiger partial charge in [-0.2, -0.15) is 0 Å². The molecule has 0 amide bonds. The molecule has 1 aromatic rings. The van der Waals surface area contributed by atoms with Gasteiger partial charge in [0.2, 0.25) is 0 Å². The summed E-state index contributed by atoms with van der Waals surface area (Å²) in [7, 11) is 0. The highest BCUT2D eigenvalue weighted by Gasteiger charge is 1.96. The molecule has 1 rings (SSSR count). The van der Waals surface area contributed by atoms with Crippen LogP contribution in [-0.2, 0) is 6.54 Å². The average Bonchev–Trinajstić information content (AvgIpc) is 2.63. The Morgan fingerprint density at radius 1 is 1.33 bits per heavy atom. The number of nitrogens with zero attached hydrogens (tertiary/aromatic N) is 1. The van der Waals surface area contributed by atoms with E-state index in [0.717, 1.165) is 31.1 Å². The predicted octanol–water partition coefficient (Wildman–Crippen LogP) is 2.06. The Kier molecular flexibility index (Phi) is 6.55. The van der Waals surface area contributed by atoms with Crippen LogP contribution in [0.15, 0.2) is 5.38 Å². The summed E-state index contributed by atoms with van der Waals surface area (Å²) >= 11 is 1.71. The van der Waals surface area contributed by atoms with E-state index in [1.54, 1.807) is 11.3 Å². The van der Waals surface area contributed by atoms with Crippen LogP contribution in [0.3, 0.4) is 0 Å². The molecule has 3 nitrogen and oxygen atoms in total. The molecule has 0 saturated carbocycles. The van der Waals surface area contributed by atoms with Gasteiger partial charge in [0.05, 0.1) is 10.7 Å². The largest absolute Gasteiger partial charge is 0.330 e. The number of hydrogen-bond acceptors (Lipinski definition) is 4. The van der Waals surface area contributed by atoms with Crippen LogP contribution < -0.4 is 11.1 Å². The molecule has 4 heteroatoms. The van der Waals surface area contributed by atoms with E-state index in [0.29, 0.717) is 0 Å². The number of rotatable bonds is 8. The number of unbranched alkanes of at least 4 members (excludes halogenated alkanes) is 3. The standard InChI is InChI=1S/C11H21N3S/c1-10-14-11(9-15-10)8-13-7-5-3-2-4-6-12/h9,13H,2-8,12H2,1H3. The first kappa shape index (κ1) is 12.6. The molecule has 0 saturated heterocycles. The molecule has 0 aliphatic heterocycles. The Labute approximate surface area is 96.1 Å². The van der Waals surface area contributed by atoms with Crippen molar-refractivity contribution in [2.45, 2.75) is 39.2 Å². The summed E-state index contributed by atoms with van der Waals surface area (Å²) in [6, 6.07) is 0. The van der Waals surface area contributed by atoms with E-state index in [9.17, 15) is 0 Å². The average molecular weight is 227 g/mol. The second-order valence-corrected chi connectivity index (χ2v) is 4.80. The maximum absolute atomic E-state index is 5.43. The van der Waals surface area contributed by atoms with E-state index < -0.39 is 0 Å². The number of nitrogens with two attached hydrogens (primary N) is 1. The van der Waals surface area contributed by atoms with Gasteiger partial charge in [0.1, 0.15) is 0 Å². The minimum atomic E-state index is 0.825. The molecule has 0 bridgehead atoms. The molecule has 3 N–H and O–H groups in total. The molecule has 86 valence electrons. The SMILES string of the molecule is Cc1nc(CNCCCCCCN)cs1. The van der Waals surface area contributed by atoms with Crippen molar-refractivity contribution in [3.63, 3.8) is 0 Å². The van der Waals surface area contributed by atoms with Gasteiger partial charge in [-0.25, -0.2) is 4.98 Å². The van der Waals surface area contributed by atoms with Crippen molar-refractivity contribution in [2.24, 2.45) is 5.73 Å². The number of thiazole rings is 1. The monoisotopic (exact) mass is 227 g/mol. The highest BCUT2D eigenvalue weighted by molar-refractivity contribution is 7.09. The van der Waals surface area contributed by atoms with Gasteiger partial charge < -0.3 is 11.1 Å². The van der Waals surface area contributed by atoms with Crippen molar-refractivity contribution in [3.8, 4) is 0 Å². The van der Waals surface area contributed by atoms with Gasteiger partial charge in [0, 0.05) is 11.9 Å². The van der Waals surface area contributed by atoms with E-state index in [1.165, 1.54) is 25.0 Å². The van der Waals surface area contributed by atoms with Crippen LogP contribution in [0, 0.1) is 6.92 Å². The quantitative estimate of drug-likeness (QED) is 0.668. The minimum absolute atomic E-state index is 0.825. The molecule has 0 spiro atoms. The molecule has 1 heterocycles. The highest BCUT2D eigenvalue weighted by Crippen LogP contribution is 2.07. The normalized spacial score (nSPS) is 10.8. The summed E-state index contributed by atoms with van der Waals surface area (Å²) in [6.45, 7) is 4.86. The maximum Gasteiger partial charge on any atom is 0.0897 e. The molecule has 1 aromatic heterocycles. The van der Waals surface area contributed by atoms with E-state index in [4.69, 9.17) is 5.73 Å². The number of aryl methyl sites for hydroxylation is 1. The van der Waals surface area contributed by atoms with Gasteiger partial charge in [-0.05, 0) is 32.9 Å². The highest BCUT2D eigenvalue weighted by atomic mass is 32.1. The van der Waals surface area contributed by atoms with E-state index in [2.05, 4.69) is 15.7 Å². The molecule has 0 aromatic carbocycles. The molecular weight excluding hydrogens is 206 g/mol. The summed E-state index contributed by atoms with van der Waals surface area (Å²) in [5.74, 6) is 0. The first-order chi connectivity index (χ1) is 7.33. The third kappa shape index (κ3) is 5.87. The summed E-state index contributed by atoms with van der Waals surface area (Å²) < 4.78 is 0. The third-order valence-electron chi connectivity index (χ3n) is 2.28.